The van der Waals surface area contributed by atoms with Gasteiger partial charge in [-0.2, -0.15) is 0 Å². The summed E-state index contributed by atoms with van der Waals surface area (Å²) < 4.78 is 5.22. The fraction of sp³-hybridized carbons (Fsp3) is 0.571. The van der Waals surface area contributed by atoms with Gasteiger partial charge in [0.2, 0.25) is 0 Å². The van der Waals surface area contributed by atoms with Crippen molar-refractivity contribution in [1.29, 1.82) is 0 Å². The molecule has 0 saturated carbocycles. The molecule has 0 spiro atoms. The fourth-order valence-electron chi connectivity index (χ4n) is 2.71. The molecule has 5 heteroatoms. The van der Waals surface area contributed by atoms with Gasteiger partial charge in [0.05, 0.1) is 11.7 Å². The van der Waals surface area contributed by atoms with Crippen LogP contribution in [0.2, 0.25) is 0 Å². The highest BCUT2D eigenvalue weighted by Crippen LogP contribution is 2.38. The first-order chi connectivity index (χ1) is 9.19. The molecule has 1 aliphatic heterocycles. The number of hydrogen-bond donors (Lipinski definition) is 0. The Bertz CT molecular complexity index is 575. The Labute approximate surface area is 117 Å². The summed E-state index contributed by atoms with van der Waals surface area (Å²) in [4.78, 5) is 8.50. The maximum absolute atomic E-state index is 5.22. The first kappa shape index (κ1) is 12.7. The van der Waals surface area contributed by atoms with Crippen molar-refractivity contribution < 1.29 is 4.52 Å². The fourth-order valence-corrected chi connectivity index (χ4v) is 3.79. The van der Waals surface area contributed by atoms with Gasteiger partial charge in [0, 0.05) is 17.5 Å². The van der Waals surface area contributed by atoms with Crippen LogP contribution in [0.15, 0.2) is 10.6 Å². The van der Waals surface area contributed by atoms with Gasteiger partial charge in [0.15, 0.2) is 5.13 Å². The molecule has 19 heavy (non-hydrogen) atoms. The molecule has 1 fully saturated rings. The van der Waals surface area contributed by atoms with Crippen LogP contribution in [0.4, 0.5) is 5.13 Å². The summed E-state index contributed by atoms with van der Waals surface area (Å²) in [6, 6.07) is 2.37. The average molecular weight is 277 g/mol. The van der Waals surface area contributed by atoms with Crippen molar-refractivity contribution in [3.05, 3.63) is 28.1 Å². The first-order valence-corrected chi connectivity index (χ1v) is 7.67. The second-order valence-corrected chi connectivity index (χ2v) is 6.13. The van der Waals surface area contributed by atoms with Crippen LogP contribution < -0.4 is 4.90 Å². The third kappa shape index (κ3) is 2.27. The van der Waals surface area contributed by atoms with Gasteiger partial charge in [-0.3, -0.25) is 0 Å². The van der Waals surface area contributed by atoms with Gasteiger partial charge in [-0.1, -0.05) is 12.1 Å². The van der Waals surface area contributed by atoms with Gasteiger partial charge < -0.3 is 9.42 Å². The van der Waals surface area contributed by atoms with E-state index < -0.39 is 0 Å². The van der Waals surface area contributed by atoms with Crippen molar-refractivity contribution in [2.75, 3.05) is 11.4 Å². The van der Waals surface area contributed by atoms with Crippen LogP contribution in [0.5, 0.6) is 0 Å². The minimum Gasteiger partial charge on any atom is -0.361 e. The Morgan fingerprint density at radius 1 is 1.47 bits per heavy atom. The lowest BCUT2D eigenvalue weighted by Crippen LogP contribution is -2.22. The van der Waals surface area contributed by atoms with Gasteiger partial charge >= 0.3 is 0 Å². The van der Waals surface area contributed by atoms with Crippen molar-refractivity contribution in [2.45, 2.75) is 46.1 Å². The van der Waals surface area contributed by atoms with Crippen molar-refractivity contribution in [3.63, 3.8) is 0 Å². The highest BCUT2D eigenvalue weighted by atomic mass is 32.1. The molecular formula is C14H19N3OS. The molecule has 1 saturated heterocycles. The zero-order chi connectivity index (χ0) is 13.4. The molecule has 102 valence electrons. The highest BCUT2D eigenvalue weighted by molar-refractivity contribution is 7.15. The summed E-state index contributed by atoms with van der Waals surface area (Å²) in [6.07, 6.45) is 3.38. The summed E-state index contributed by atoms with van der Waals surface area (Å²) in [5.41, 5.74) is 2.21. The van der Waals surface area contributed by atoms with Gasteiger partial charge in [-0.25, -0.2) is 4.98 Å². The van der Waals surface area contributed by atoms with Crippen LogP contribution in [-0.2, 0) is 6.42 Å². The lowest BCUT2D eigenvalue weighted by molar-refractivity contribution is 0.385. The second-order valence-electron chi connectivity index (χ2n) is 5.07. The third-order valence-corrected chi connectivity index (χ3v) is 5.03. The standard InChI is InChI=1S/C14H19N3OS/c1-4-13-10(3)15-14(19-13)17-7-5-6-12(17)11-8-9(2)18-16-11/h8,12H,4-7H2,1-3H3. The van der Waals surface area contributed by atoms with E-state index in [4.69, 9.17) is 9.51 Å². The maximum atomic E-state index is 5.22. The van der Waals surface area contributed by atoms with E-state index in [2.05, 4.69) is 23.9 Å². The smallest absolute Gasteiger partial charge is 0.186 e. The van der Waals surface area contributed by atoms with Crippen molar-refractivity contribution in [2.24, 2.45) is 0 Å². The van der Waals surface area contributed by atoms with E-state index >= 15 is 0 Å². The molecule has 4 nitrogen and oxygen atoms in total. The molecule has 1 atom stereocenters. The number of hydrogen-bond acceptors (Lipinski definition) is 5. The van der Waals surface area contributed by atoms with E-state index in [1.165, 1.54) is 17.0 Å². The molecule has 2 aromatic rings. The molecule has 0 N–H and O–H groups in total. The number of anilines is 1. The van der Waals surface area contributed by atoms with Gasteiger partial charge in [-0.05, 0) is 33.1 Å². The van der Waals surface area contributed by atoms with E-state index in [9.17, 15) is 0 Å². The zero-order valence-corrected chi connectivity index (χ0v) is 12.5. The highest BCUT2D eigenvalue weighted by Gasteiger charge is 2.30. The van der Waals surface area contributed by atoms with E-state index in [0.717, 1.165) is 36.0 Å². The van der Waals surface area contributed by atoms with E-state index in [1.807, 2.05) is 24.3 Å². The lowest BCUT2D eigenvalue weighted by atomic mass is 10.1. The second kappa shape index (κ2) is 4.96. The first-order valence-electron chi connectivity index (χ1n) is 6.85. The minimum atomic E-state index is 0.327. The Hall–Kier alpha value is -1.36. The van der Waals surface area contributed by atoms with Crippen molar-refractivity contribution >= 4 is 16.5 Å². The molecule has 0 radical (unpaired) electrons. The molecule has 1 unspecified atom stereocenters. The summed E-state index contributed by atoms with van der Waals surface area (Å²) >= 11 is 1.82. The third-order valence-electron chi connectivity index (χ3n) is 3.69. The molecule has 0 amide bonds. The van der Waals surface area contributed by atoms with Gasteiger partial charge in [0.25, 0.3) is 0 Å². The Morgan fingerprint density at radius 2 is 2.32 bits per heavy atom. The molecule has 2 aromatic heterocycles. The van der Waals surface area contributed by atoms with Crippen LogP contribution in [0.25, 0.3) is 0 Å². The Kier molecular flexibility index (Phi) is 3.31. The molecule has 0 bridgehead atoms. The average Bonchev–Trinajstić information content (AvgIpc) is 3.07. The topological polar surface area (TPSA) is 42.2 Å². The maximum Gasteiger partial charge on any atom is 0.186 e. The molecule has 0 aromatic carbocycles. The predicted molar refractivity (Wildman–Crippen MR) is 76.8 cm³/mol. The number of thiazole rings is 1. The molecular weight excluding hydrogens is 258 g/mol. The molecule has 0 aliphatic carbocycles. The lowest BCUT2D eigenvalue weighted by Gasteiger charge is -2.21. The predicted octanol–water partition coefficient (Wildman–Crippen LogP) is 3.65. The van der Waals surface area contributed by atoms with Crippen LogP contribution in [0.3, 0.4) is 0 Å². The molecule has 1 aliphatic rings. The van der Waals surface area contributed by atoms with Crippen LogP contribution in [0.1, 0.15) is 47.8 Å². The van der Waals surface area contributed by atoms with Gasteiger partial charge in [-0.15, -0.1) is 11.3 Å². The SMILES string of the molecule is CCc1sc(N2CCCC2c2cc(C)on2)nc1C. The van der Waals surface area contributed by atoms with Crippen LogP contribution in [0, 0.1) is 13.8 Å². The zero-order valence-electron chi connectivity index (χ0n) is 11.6. The minimum absolute atomic E-state index is 0.327. The quantitative estimate of drug-likeness (QED) is 0.858. The monoisotopic (exact) mass is 277 g/mol. The van der Waals surface area contributed by atoms with Gasteiger partial charge in [0.1, 0.15) is 11.5 Å². The van der Waals surface area contributed by atoms with E-state index in [-0.39, 0.29) is 0 Å². The number of aromatic nitrogens is 2. The number of rotatable bonds is 3. The molecule has 3 rings (SSSR count). The van der Waals surface area contributed by atoms with Crippen molar-refractivity contribution in [1.82, 2.24) is 10.1 Å². The Balaban J connectivity index is 1.90. The molecule has 3 heterocycles. The van der Waals surface area contributed by atoms with Crippen LogP contribution in [-0.4, -0.2) is 16.7 Å². The number of aryl methyl sites for hydroxylation is 3. The number of nitrogens with zero attached hydrogens (tertiary/aromatic N) is 3. The van der Waals surface area contributed by atoms with E-state index in [1.54, 1.807) is 0 Å². The summed E-state index contributed by atoms with van der Waals surface area (Å²) in [6.45, 7) is 7.29. The summed E-state index contributed by atoms with van der Waals surface area (Å²) in [5.74, 6) is 0.881. The Morgan fingerprint density at radius 3 is 2.95 bits per heavy atom. The summed E-state index contributed by atoms with van der Waals surface area (Å²) in [7, 11) is 0. The normalized spacial score (nSPS) is 19.3. The van der Waals surface area contributed by atoms with E-state index in [0.29, 0.717) is 6.04 Å². The van der Waals surface area contributed by atoms with Crippen LogP contribution >= 0.6 is 11.3 Å². The largest absolute Gasteiger partial charge is 0.361 e. The summed E-state index contributed by atoms with van der Waals surface area (Å²) in [5, 5.41) is 5.32. The van der Waals surface area contributed by atoms with Crippen molar-refractivity contribution in [3.8, 4) is 0 Å².